The molecular formula is C17H28N2O2. The summed E-state index contributed by atoms with van der Waals surface area (Å²) in [4.78, 5) is 14.1. The van der Waals surface area contributed by atoms with Crippen LogP contribution in [0.25, 0.3) is 0 Å². The summed E-state index contributed by atoms with van der Waals surface area (Å²) in [5.74, 6) is 0.943. The summed E-state index contributed by atoms with van der Waals surface area (Å²) >= 11 is 0. The number of hydrogen-bond acceptors (Lipinski definition) is 3. The molecule has 0 spiro atoms. The Balaban J connectivity index is 2.41. The van der Waals surface area contributed by atoms with E-state index in [1.165, 1.54) is 0 Å². The fourth-order valence-electron chi connectivity index (χ4n) is 1.89. The van der Waals surface area contributed by atoms with E-state index < -0.39 is 0 Å². The van der Waals surface area contributed by atoms with Gasteiger partial charge in [0.15, 0.2) is 0 Å². The van der Waals surface area contributed by atoms with Crippen molar-refractivity contribution in [1.82, 2.24) is 10.2 Å². The molecule has 0 heterocycles. The highest BCUT2D eigenvalue weighted by Gasteiger charge is 2.22. The van der Waals surface area contributed by atoms with E-state index in [-0.39, 0.29) is 17.5 Å². The minimum Gasteiger partial charge on any atom is -0.492 e. The summed E-state index contributed by atoms with van der Waals surface area (Å²) in [7, 11) is 1.94. The van der Waals surface area contributed by atoms with Crippen molar-refractivity contribution in [2.45, 2.75) is 46.2 Å². The zero-order chi connectivity index (χ0) is 16.0. The molecule has 0 aliphatic heterocycles. The van der Waals surface area contributed by atoms with Gasteiger partial charge in [-0.1, -0.05) is 18.2 Å². The third-order valence-electron chi connectivity index (χ3n) is 3.33. The molecule has 1 amide bonds. The van der Waals surface area contributed by atoms with Crippen LogP contribution in [0.1, 0.15) is 33.3 Å². The maximum atomic E-state index is 12.1. The summed E-state index contributed by atoms with van der Waals surface area (Å²) in [5, 5.41) is 3.00. The summed E-state index contributed by atoms with van der Waals surface area (Å²) < 4.78 is 5.76. The maximum absolute atomic E-state index is 12.1. The topological polar surface area (TPSA) is 41.6 Å². The molecule has 0 aromatic heterocycles. The van der Waals surface area contributed by atoms with E-state index in [9.17, 15) is 4.79 Å². The molecule has 1 unspecified atom stereocenters. The van der Waals surface area contributed by atoms with Gasteiger partial charge < -0.3 is 10.1 Å². The van der Waals surface area contributed by atoms with Crippen LogP contribution in [-0.4, -0.2) is 42.6 Å². The number of carbonyl (C=O) groups is 1. The van der Waals surface area contributed by atoms with Gasteiger partial charge >= 0.3 is 0 Å². The fourth-order valence-corrected chi connectivity index (χ4v) is 1.89. The number of amides is 1. The zero-order valence-corrected chi connectivity index (χ0v) is 14.1. The Morgan fingerprint density at radius 2 is 1.95 bits per heavy atom. The Morgan fingerprint density at radius 1 is 1.33 bits per heavy atom. The smallest absolute Gasteiger partial charge is 0.237 e. The number of aryl methyl sites for hydroxylation is 1. The van der Waals surface area contributed by atoms with Gasteiger partial charge in [-0.3, -0.25) is 9.69 Å². The van der Waals surface area contributed by atoms with Crippen molar-refractivity contribution in [3.8, 4) is 5.75 Å². The molecule has 0 fully saturated rings. The number of nitrogens with zero attached hydrogens (tertiary/aromatic N) is 1. The van der Waals surface area contributed by atoms with Crippen LogP contribution in [0.4, 0.5) is 0 Å². The van der Waals surface area contributed by atoms with Crippen molar-refractivity contribution in [3.63, 3.8) is 0 Å². The number of hydrogen-bond donors (Lipinski definition) is 1. The minimum atomic E-state index is -0.205. The molecule has 0 radical (unpaired) electrons. The minimum absolute atomic E-state index is 0.0425. The zero-order valence-electron chi connectivity index (χ0n) is 14.1. The van der Waals surface area contributed by atoms with Crippen LogP contribution in [0.5, 0.6) is 5.75 Å². The lowest BCUT2D eigenvalue weighted by Crippen LogP contribution is -2.50. The molecule has 1 N–H and O–H groups in total. The Kier molecular flexibility index (Phi) is 6.21. The average molecular weight is 292 g/mol. The average Bonchev–Trinajstić information content (AvgIpc) is 2.38. The number of carbonyl (C=O) groups excluding carboxylic acids is 1. The van der Waals surface area contributed by atoms with Gasteiger partial charge in [0, 0.05) is 12.1 Å². The summed E-state index contributed by atoms with van der Waals surface area (Å²) in [6.45, 7) is 11.2. The number of benzene rings is 1. The van der Waals surface area contributed by atoms with Gasteiger partial charge in [0.25, 0.3) is 0 Å². The molecule has 0 bridgehead atoms. The molecule has 4 heteroatoms. The van der Waals surface area contributed by atoms with Gasteiger partial charge in [-0.25, -0.2) is 0 Å². The highest BCUT2D eigenvalue weighted by Crippen LogP contribution is 2.15. The number of likely N-dealkylation sites (N-methyl/N-ethyl adjacent to an activating group) is 1. The maximum Gasteiger partial charge on any atom is 0.237 e. The molecule has 1 rings (SSSR count). The highest BCUT2D eigenvalue weighted by molar-refractivity contribution is 5.81. The van der Waals surface area contributed by atoms with Crippen molar-refractivity contribution in [3.05, 3.63) is 29.8 Å². The van der Waals surface area contributed by atoms with E-state index >= 15 is 0 Å². The van der Waals surface area contributed by atoms with Gasteiger partial charge in [0.2, 0.25) is 5.91 Å². The van der Waals surface area contributed by atoms with E-state index in [4.69, 9.17) is 4.74 Å². The van der Waals surface area contributed by atoms with Crippen LogP contribution in [0.15, 0.2) is 24.3 Å². The van der Waals surface area contributed by atoms with Crippen molar-refractivity contribution < 1.29 is 9.53 Å². The third-order valence-corrected chi connectivity index (χ3v) is 3.33. The van der Waals surface area contributed by atoms with Gasteiger partial charge in [0.05, 0.1) is 6.04 Å². The van der Waals surface area contributed by atoms with Crippen molar-refractivity contribution >= 4 is 5.91 Å². The third kappa shape index (κ3) is 6.17. The molecule has 0 saturated heterocycles. The van der Waals surface area contributed by atoms with E-state index in [1.807, 2.05) is 70.8 Å². The number of rotatable bonds is 6. The van der Waals surface area contributed by atoms with Crippen molar-refractivity contribution in [1.29, 1.82) is 0 Å². The lowest BCUT2D eigenvalue weighted by atomic mass is 10.1. The summed E-state index contributed by atoms with van der Waals surface area (Å²) in [5.41, 5.74) is 0.919. The van der Waals surface area contributed by atoms with Crippen LogP contribution in [0, 0.1) is 6.92 Å². The van der Waals surface area contributed by atoms with Crippen LogP contribution in [0.2, 0.25) is 0 Å². The first-order chi connectivity index (χ1) is 9.70. The van der Waals surface area contributed by atoms with E-state index in [0.29, 0.717) is 13.2 Å². The lowest BCUT2D eigenvalue weighted by Gasteiger charge is -2.28. The van der Waals surface area contributed by atoms with Gasteiger partial charge in [0.1, 0.15) is 12.4 Å². The van der Waals surface area contributed by atoms with Gasteiger partial charge in [-0.15, -0.1) is 0 Å². The molecule has 0 aliphatic rings. The number of para-hydroxylation sites is 1. The number of ether oxygens (including phenoxy) is 1. The molecule has 1 aromatic carbocycles. The highest BCUT2D eigenvalue weighted by atomic mass is 16.5. The second-order valence-electron chi connectivity index (χ2n) is 6.51. The quantitative estimate of drug-likeness (QED) is 0.876. The van der Waals surface area contributed by atoms with Gasteiger partial charge in [-0.2, -0.15) is 0 Å². The standard InChI is InChI=1S/C17H28N2O2/c1-13-9-7-8-10-15(13)21-12-11-19(6)14(2)16(20)18-17(3,4)5/h7-10,14H,11-12H2,1-6H3,(H,18,20). The van der Waals surface area contributed by atoms with Crippen LogP contribution in [0.3, 0.4) is 0 Å². The van der Waals surface area contributed by atoms with Crippen molar-refractivity contribution in [2.75, 3.05) is 20.2 Å². The predicted molar refractivity (Wildman–Crippen MR) is 86.7 cm³/mol. The Bertz CT molecular complexity index is 466. The molecule has 118 valence electrons. The van der Waals surface area contributed by atoms with E-state index in [0.717, 1.165) is 11.3 Å². The molecule has 0 aliphatic carbocycles. The van der Waals surface area contributed by atoms with Crippen LogP contribution >= 0.6 is 0 Å². The SMILES string of the molecule is Cc1ccccc1OCCN(C)C(C)C(=O)NC(C)(C)C. The molecule has 1 atom stereocenters. The second-order valence-corrected chi connectivity index (χ2v) is 6.51. The van der Waals surface area contributed by atoms with Gasteiger partial charge in [-0.05, 0) is 53.3 Å². The Labute approximate surface area is 128 Å². The summed E-state index contributed by atoms with van der Waals surface area (Å²) in [6.07, 6.45) is 0. The molecular weight excluding hydrogens is 264 g/mol. The second kappa shape index (κ2) is 7.46. The molecule has 4 nitrogen and oxygen atoms in total. The largest absolute Gasteiger partial charge is 0.492 e. The Morgan fingerprint density at radius 3 is 2.52 bits per heavy atom. The predicted octanol–water partition coefficient (Wildman–Crippen LogP) is 2.61. The fraction of sp³-hybridized carbons (Fsp3) is 0.588. The first-order valence-corrected chi connectivity index (χ1v) is 7.41. The summed E-state index contributed by atoms with van der Waals surface area (Å²) in [6, 6.07) is 7.77. The first kappa shape index (κ1) is 17.5. The lowest BCUT2D eigenvalue weighted by molar-refractivity contribution is -0.126. The number of nitrogens with one attached hydrogen (secondary N) is 1. The van der Waals surface area contributed by atoms with E-state index in [1.54, 1.807) is 0 Å². The molecule has 0 saturated carbocycles. The first-order valence-electron chi connectivity index (χ1n) is 7.41. The van der Waals surface area contributed by atoms with Crippen LogP contribution < -0.4 is 10.1 Å². The molecule has 21 heavy (non-hydrogen) atoms. The van der Waals surface area contributed by atoms with Crippen LogP contribution in [-0.2, 0) is 4.79 Å². The van der Waals surface area contributed by atoms with E-state index in [2.05, 4.69) is 5.32 Å². The normalized spacial score (nSPS) is 13.1. The Hall–Kier alpha value is -1.55. The van der Waals surface area contributed by atoms with Crippen molar-refractivity contribution in [2.24, 2.45) is 0 Å². The monoisotopic (exact) mass is 292 g/mol. The molecule has 1 aromatic rings.